The zero-order valence-corrected chi connectivity index (χ0v) is 9.96. The summed E-state index contributed by atoms with van der Waals surface area (Å²) >= 11 is 0. The minimum Gasteiger partial charge on any atom is -0.212 e. The fraction of sp³-hybridized carbons (Fsp3) is 0.900. The van der Waals surface area contributed by atoms with Crippen molar-refractivity contribution in [3.05, 3.63) is 0 Å². The largest absolute Gasteiger partial charge is 0.215 e. The van der Waals surface area contributed by atoms with Crippen molar-refractivity contribution in [1.82, 2.24) is 4.31 Å². The highest BCUT2D eigenvalue weighted by atomic mass is 32.2. The molecule has 0 aromatic carbocycles. The molecule has 1 aliphatic rings. The smallest absolute Gasteiger partial charge is 0.212 e. The van der Waals surface area contributed by atoms with Gasteiger partial charge in [0.25, 0.3) is 0 Å². The zero-order chi connectivity index (χ0) is 11.3. The third kappa shape index (κ3) is 3.18. The van der Waals surface area contributed by atoms with Crippen molar-refractivity contribution in [2.24, 2.45) is 0 Å². The molecular weight excluding hydrogens is 212 g/mol. The zero-order valence-electron chi connectivity index (χ0n) is 9.15. The summed E-state index contributed by atoms with van der Waals surface area (Å²) in [6.45, 7) is 1.63. The Morgan fingerprint density at radius 1 is 1.33 bits per heavy atom. The van der Waals surface area contributed by atoms with Crippen LogP contribution in [0.3, 0.4) is 0 Å². The van der Waals surface area contributed by atoms with E-state index in [-0.39, 0.29) is 18.3 Å². The average molecular weight is 230 g/mol. The van der Waals surface area contributed by atoms with E-state index in [1.165, 1.54) is 10.7 Å². The van der Waals surface area contributed by atoms with Gasteiger partial charge in [0.1, 0.15) is 6.54 Å². The van der Waals surface area contributed by atoms with Crippen molar-refractivity contribution in [2.45, 2.75) is 45.1 Å². The van der Waals surface area contributed by atoms with E-state index in [1.54, 1.807) is 6.92 Å². The van der Waals surface area contributed by atoms with E-state index >= 15 is 0 Å². The molecule has 1 aliphatic carbocycles. The van der Waals surface area contributed by atoms with Gasteiger partial charge in [0.05, 0.1) is 11.8 Å². The van der Waals surface area contributed by atoms with E-state index in [2.05, 4.69) is 0 Å². The number of nitriles is 1. The van der Waals surface area contributed by atoms with Crippen LogP contribution in [0.4, 0.5) is 0 Å². The lowest BCUT2D eigenvalue weighted by atomic mass is 9.95. The van der Waals surface area contributed by atoms with Crippen molar-refractivity contribution in [3.8, 4) is 6.07 Å². The lowest BCUT2D eigenvalue weighted by Gasteiger charge is -2.31. The summed E-state index contributed by atoms with van der Waals surface area (Å²) in [5, 5.41) is 8.67. The van der Waals surface area contributed by atoms with Crippen LogP contribution >= 0.6 is 0 Å². The minimum absolute atomic E-state index is 0.000833. The van der Waals surface area contributed by atoms with Gasteiger partial charge < -0.3 is 0 Å². The van der Waals surface area contributed by atoms with Gasteiger partial charge in [-0.3, -0.25) is 0 Å². The molecule has 0 unspecified atom stereocenters. The van der Waals surface area contributed by atoms with Gasteiger partial charge in [-0.2, -0.15) is 9.57 Å². The number of rotatable bonds is 4. The molecule has 0 spiro atoms. The van der Waals surface area contributed by atoms with E-state index in [0.29, 0.717) is 0 Å². The fourth-order valence-corrected chi connectivity index (χ4v) is 3.31. The van der Waals surface area contributed by atoms with Gasteiger partial charge in [0, 0.05) is 6.04 Å². The van der Waals surface area contributed by atoms with Crippen LogP contribution in [0.15, 0.2) is 0 Å². The summed E-state index contributed by atoms with van der Waals surface area (Å²) in [6, 6.07) is 2.01. The molecule has 5 heteroatoms. The van der Waals surface area contributed by atoms with E-state index < -0.39 is 10.0 Å². The van der Waals surface area contributed by atoms with Crippen molar-refractivity contribution in [3.63, 3.8) is 0 Å². The highest BCUT2D eigenvalue weighted by molar-refractivity contribution is 7.89. The summed E-state index contributed by atoms with van der Waals surface area (Å²) in [5.41, 5.74) is 0. The minimum atomic E-state index is -3.21. The second kappa shape index (κ2) is 5.47. The maximum absolute atomic E-state index is 11.8. The molecule has 0 atom stereocenters. The Morgan fingerprint density at radius 3 is 2.40 bits per heavy atom. The van der Waals surface area contributed by atoms with Crippen LogP contribution in [0.5, 0.6) is 0 Å². The summed E-state index contributed by atoms with van der Waals surface area (Å²) in [5.74, 6) is 0.0885. The summed E-state index contributed by atoms with van der Waals surface area (Å²) in [7, 11) is -3.21. The van der Waals surface area contributed by atoms with Crippen LogP contribution in [0.1, 0.15) is 39.0 Å². The first kappa shape index (κ1) is 12.5. The Balaban J connectivity index is 2.77. The molecular formula is C10H18N2O2S. The van der Waals surface area contributed by atoms with E-state index in [9.17, 15) is 8.42 Å². The number of hydrogen-bond donors (Lipinski definition) is 0. The van der Waals surface area contributed by atoms with E-state index in [4.69, 9.17) is 5.26 Å². The maximum atomic E-state index is 11.8. The molecule has 0 aromatic heterocycles. The topological polar surface area (TPSA) is 61.2 Å². The predicted molar refractivity (Wildman–Crippen MR) is 58.7 cm³/mol. The lowest BCUT2D eigenvalue weighted by Crippen LogP contribution is -2.42. The quantitative estimate of drug-likeness (QED) is 0.687. The SMILES string of the molecule is CCS(=O)(=O)N(CC#N)C1CCCCC1. The molecule has 1 fully saturated rings. The summed E-state index contributed by atoms with van der Waals surface area (Å²) in [6.07, 6.45) is 5.14. The van der Waals surface area contributed by atoms with Gasteiger partial charge >= 0.3 is 0 Å². The Hall–Kier alpha value is -0.600. The Bertz CT molecular complexity index is 326. The van der Waals surface area contributed by atoms with Crippen molar-refractivity contribution in [2.75, 3.05) is 12.3 Å². The first-order valence-electron chi connectivity index (χ1n) is 5.48. The second-order valence-electron chi connectivity index (χ2n) is 3.90. The first-order valence-corrected chi connectivity index (χ1v) is 7.09. The van der Waals surface area contributed by atoms with Gasteiger partial charge in [-0.15, -0.1) is 0 Å². The average Bonchev–Trinajstić information content (AvgIpc) is 2.27. The van der Waals surface area contributed by atoms with Crippen LogP contribution in [-0.4, -0.2) is 31.1 Å². The van der Waals surface area contributed by atoms with Crippen LogP contribution in [0.25, 0.3) is 0 Å². The Kier molecular flexibility index (Phi) is 4.55. The standard InChI is InChI=1S/C10H18N2O2S/c1-2-15(13,14)12(9-8-11)10-6-4-3-5-7-10/h10H,2-7,9H2,1H3. The fourth-order valence-electron chi connectivity index (χ4n) is 2.06. The third-order valence-electron chi connectivity index (χ3n) is 2.93. The van der Waals surface area contributed by atoms with Gasteiger partial charge in [-0.25, -0.2) is 8.42 Å². The van der Waals surface area contributed by atoms with Crippen molar-refractivity contribution >= 4 is 10.0 Å². The second-order valence-corrected chi connectivity index (χ2v) is 6.11. The van der Waals surface area contributed by atoms with Crippen LogP contribution < -0.4 is 0 Å². The van der Waals surface area contributed by atoms with Crippen LogP contribution in [-0.2, 0) is 10.0 Å². The monoisotopic (exact) mass is 230 g/mol. The van der Waals surface area contributed by atoms with E-state index in [0.717, 1.165) is 25.7 Å². The third-order valence-corrected chi connectivity index (χ3v) is 4.80. The molecule has 86 valence electrons. The summed E-state index contributed by atoms with van der Waals surface area (Å²) in [4.78, 5) is 0. The van der Waals surface area contributed by atoms with E-state index in [1.807, 2.05) is 6.07 Å². The molecule has 0 radical (unpaired) electrons. The number of sulfonamides is 1. The predicted octanol–water partition coefficient (Wildman–Crippen LogP) is 1.49. The van der Waals surface area contributed by atoms with Crippen LogP contribution in [0, 0.1) is 11.3 Å². The van der Waals surface area contributed by atoms with Gasteiger partial charge in [-0.05, 0) is 19.8 Å². The number of nitrogens with zero attached hydrogens (tertiary/aromatic N) is 2. The molecule has 1 saturated carbocycles. The molecule has 0 aromatic rings. The molecule has 0 amide bonds. The lowest BCUT2D eigenvalue weighted by molar-refractivity contribution is 0.271. The molecule has 4 nitrogen and oxygen atoms in total. The van der Waals surface area contributed by atoms with Gasteiger partial charge in [0.15, 0.2) is 0 Å². The van der Waals surface area contributed by atoms with Gasteiger partial charge in [-0.1, -0.05) is 19.3 Å². The molecule has 0 aliphatic heterocycles. The molecule has 0 bridgehead atoms. The molecule has 1 rings (SSSR count). The van der Waals surface area contributed by atoms with Crippen molar-refractivity contribution in [1.29, 1.82) is 5.26 Å². The summed E-state index contributed by atoms with van der Waals surface area (Å²) < 4.78 is 24.9. The molecule has 0 heterocycles. The molecule has 0 saturated heterocycles. The molecule has 15 heavy (non-hydrogen) atoms. The highest BCUT2D eigenvalue weighted by Crippen LogP contribution is 2.24. The normalized spacial score (nSPS) is 19.0. The number of hydrogen-bond acceptors (Lipinski definition) is 3. The maximum Gasteiger partial charge on any atom is 0.215 e. The highest BCUT2D eigenvalue weighted by Gasteiger charge is 2.29. The Morgan fingerprint density at radius 2 is 1.93 bits per heavy atom. The van der Waals surface area contributed by atoms with Crippen LogP contribution in [0.2, 0.25) is 0 Å². The Labute approximate surface area is 91.9 Å². The molecule has 0 N–H and O–H groups in total. The van der Waals surface area contributed by atoms with Crippen molar-refractivity contribution < 1.29 is 8.42 Å². The first-order chi connectivity index (χ1) is 7.11. The van der Waals surface area contributed by atoms with Gasteiger partial charge in [0.2, 0.25) is 10.0 Å².